The van der Waals surface area contributed by atoms with E-state index in [2.05, 4.69) is 12.6 Å². The molecular formula is C27H32N4O4S. The van der Waals surface area contributed by atoms with Gasteiger partial charge < -0.3 is 19.4 Å². The molecule has 0 aromatic heterocycles. The number of hydrogen-bond acceptors (Lipinski definition) is 7. The number of amides is 2. The van der Waals surface area contributed by atoms with Crippen LogP contribution in [0.15, 0.2) is 58.2 Å². The SMILES string of the molecule is C=CCOC(=O)C1=C(C)N=C2SC=C(CC(=O)N3CCN(C(C)=O)CC3)N2[C@@H]1c1ccc(C)cc1C. The van der Waals surface area contributed by atoms with Crippen LogP contribution in [0.1, 0.15) is 43.0 Å². The van der Waals surface area contributed by atoms with E-state index >= 15 is 0 Å². The fourth-order valence-electron chi connectivity index (χ4n) is 4.81. The minimum atomic E-state index is -0.459. The summed E-state index contributed by atoms with van der Waals surface area (Å²) in [6.45, 7) is 13.3. The lowest BCUT2D eigenvalue weighted by Crippen LogP contribution is -2.50. The number of benzene rings is 1. The Hall–Kier alpha value is -3.33. The number of hydrogen-bond donors (Lipinski definition) is 0. The van der Waals surface area contributed by atoms with Crippen LogP contribution in [0.5, 0.6) is 0 Å². The van der Waals surface area contributed by atoms with Crippen molar-refractivity contribution < 1.29 is 19.1 Å². The van der Waals surface area contributed by atoms with E-state index in [1.165, 1.54) is 11.8 Å². The molecule has 9 heteroatoms. The molecule has 1 aromatic carbocycles. The van der Waals surface area contributed by atoms with Crippen LogP contribution in [0, 0.1) is 13.8 Å². The van der Waals surface area contributed by atoms with E-state index < -0.39 is 12.0 Å². The fourth-order valence-corrected chi connectivity index (χ4v) is 5.77. The number of aliphatic imine (C=N–C) groups is 1. The van der Waals surface area contributed by atoms with Gasteiger partial charge in [-0.2, -0.15) is 0 Å². The van der Waals surface area contributed by atoms with Crippen molar-refractivity contribution in [3.05, 3.63) is 69.9 Å². The molecule has 190 valence electrons. The number of allylic oxidation sites excluding steroid dienone is 1. The Morgan fingerprint density at radius 2 is 1.83 bits per heavy atom. The average Bonchev–Trinajstić information content (AvgIpc) is 3.23. The molecular weight excluding hydrogens is 476 g/mol. The molecule has 3 aliphatic rings. The molecule has 3 aliphatic heterocycles. The van der Waals surface area contributed by atoms with Crippen molar-refractivity contribution in [3.63, 3.8) is 0 Å². The molecule has 0 radical (unpaired) electrons. The molecule has 1 fully saturated rings. The van der Waals surface area contributed by atoms with Crippen molar-refractivity contribution in [2.75, 3.05) is 32.8 Å². The standard InChI is InChI=1S/C27H32N4O4S/c1-6-13-35-26(34)24-19(4)28-27-31(25(24)22-8-7-17(2)14-18(22)3)21(16-36-27)15-23(33)30-11-9-29(10-12-30)20(5)32/h6-8,14,16,25H,1,9-13,15H2,2-5H3/t25-/m1/s1. The van der Waals surface area contributed by atoms with Crippen LogP contribution in [-0.2, 0) is 19.1 Å². The Kier molecular flexibility index (Phi) is 7.68. The number of carbonyl (C=O) groups is 3. The summed E-state index contributed by atoms with van der Waals surface area (Å²) in [6.07, 6.45) is 1.72. The van der Waals surface area contributed by atoms with Crippen LogP contribution >= 0.6 is 11.8 Å². The van der Waals surface area contributed by atoms with Crippen LogP contribution in [0.2, 0.25) is 0 Å². The largest absolute Gasteiger partial charge is 0.458 e. The van der Waals surface area contributed by atoms with E-state index in [1.54, 1.807) is 22.8 Å². The van der Waals surface area contributed by atoms with Crippen molar-refractivity contribution >= 4 is 34.7 Å². The topological polar surface area (TPSA) is 82.5 Å². The molecule has 0 bridgehead atoms. The number of rotatable bonds is 6. The predicted octanol–water partition coefficient (Wildman–Crippen LogP) is 3.69. The third-order valence-corrected chi connectivity index (χ3v) is 7.57. The molecule has 2 amide bonds. The van der Waals surface area contributed by atoms with Crippen LogP contribution in [0.25, 0.3) is 0 Å². The number of nitrogens with zero attached hydrogens (tertiary/aromatic N) is 4. The Morgan fingerprint density at radius 3 is 2.47 bits per heavy atom. The highest BCUT2D eigenvalue weighted by Gasteiger charge is 2.42. The first kappa shape index (κ1) is 25.8. The van der Waals surface area contributed by atoms with Gasteiger partial charge in [-0.05, 0) is 37.3 Å². The maximum absolute atomic E-state index is 13.3. The maximum Gasteiger partial charge on any atom is 0.338 e. The summed E-state index contributed by atoms with van der Waals surface area (Å²) in [7, 11) is 0. The second kappa shape index (κ2) is 10.7. The lowest BCUT2D eigenvalue weighted by molar-refractivity contribution is -0.138. The molecule has 1 atom stereocenters. The molecule has 0 N–H and O–H groups in total. The number of ether oxygens (including phenoxy) is 1. The summed E-state index contributed by atoms with van der Waals surface area (Å²) < 4.78 is 5.46. The summed E-state index contributed by atoms with van der Waals surface area (Å²) >= 11 is 1.46. The number of piperazine rings is 1. The molecule has 8 nitrogen and oxygen atoms in total. The zero-order chi connectivity index (χ0) is 26.0. The Morgan fingerprint density at radius 1 is 1.14 bits per heavy atom. The number of fused-ring (bicyclic) bond motifs is 1. The second-order valence-corrected chi connectivity index (χ2v) is 10.0. The highest BCUT2D eigenvalue weighted by atomic mass is 32.2. The minimum absolute atomic E-state index is 0.00672. The molecule has 4 rings (SSSR count). The molecule has 36 heavy (non-hydrogen) atoms. The van der Waals surface area contributed by atoms with Crippen LogP contribution in [0.4, 0.5) is 0 Å². The first-order chi connectivity index (χ1) is 17.2. The van der Waals surface area contributed by atoms with Gasteiger partial charge in [-0.25, -0.2) is 9.79 Å². The van der Waals surface area contributed by atoms with Crippen LogP contribution in [0.3, 0.4) is 0 Å². The quantitative estimate of drug-likeness (QED) is 0.431. The van der Waals surface area contributed by atoms with Gasteiger partial charge in [0.25, 0.3) is 0 Å². The zero-order valence-corrected chi connectivity index (χ0v) is 22.1. The Balaban J connectivity index is 1.64. The first-order valence-electron chi connectivity index (χ1n) is 12.0. The van der Waals surface area contributed by atoms with E-state index in [1.807, 2.05) is 43.2 Å². The normalized spacial score (nSPS) is 19.6. The number of amidine groups is 1. The zero-order valence-electron chi connectivity index (χ0n) is 21.2. The Labute approximate surface area is 216 Å². The lowest BCUT2D eigenvalue weighted by atomic mass is 9.90. The molecule has 0 saturated carbocycles. The third-order valence-electron chi connectivity index (χ3n) is 6.68. The number of aryl methyl sites for hydroxylation is 2. The Bertz CT molecular complexity index is 1190. The van der Waals surface area contributed by atoms with E-state index in [9.17, 15) is 14.4 Å². The molecule has 0 aliphatic carbocycles. The number of carbonyl (C=O) groups excluding carboxylic acids is 3. The van der Waals surface area contributed by atoms with Crippen molar-refractivity contribution in [1.82, 2.24) is 14.7 Å². The van der Waals surface area contributed by atoms with E-state index in [0.717, 1.165) is 27.6 Å². The summed E-state index contributed by atoms with van der Waals surface area (Å²) in [5, 5.41) is 2.69. The van der Waals surface area contributed by atoms with Gasteiger partial charge in [-0.3, -0.25) is 9.59 Å². The van der Waals surface area contributed by atoms with Gasteiger partial charge >= 0.3 is 5.97 Å². The molecule has 0 spiro atoms. The molecule has 1 saturated heterocycles. The monoisotopic (exact) mass is 508 g/mol. The van der Waals surface area contributed by atoms with Crippen molar-refractivity contribution in [1.29, 1.82) is 0 Å². The summed E-state index contributed by atoms with van der Waals surface area (Å²) in [5.41, 5.74) is 5.01. The van der Waals surface area contributed by atoms with Crippen molar-refractivity contribution in [2.45, 2.75) is 40.2 Å². The molecule has 0 unspecified atom stereocenters. The first-order valence-corrected chi connectivity index (χ1v) is 12.9. The van der Waals surface area contributed by atoms with Crippen LogP contribution in [-0.4, -0.2) is 70.4 Å². The second-order valence-electron chi connectivity index (χ2n) is 9.20. The van der Waals surface area contributed by atoms with Gasteiger partial charge in [0, 0.05) is 38.8 Å². The van der Waals surface area contributed by atoms with Gasteiger partial charge in [0.05, 0.1) is 23.7 Å². The van der Waals surface area contributed by atoms with E-state index in [0.29, 0.717) is 37.4 Å². The summed E-state index contributed by atoms with van der Waals surface area (Å²) in [6, 6.07) is 5.70. The van der Waals surface area contributed by atoms with Gasteiger partial charge in [-0.15, -0.1) is 0 Å². The van der Waals surface area contributed by atoms with Crippen molar-refractivity contribution in [2.24, 2.45) is 4.99 Å². The van der Waals surface area contributed by atoms with Gasteiger partial charge in [0.2, 0.25) is 11.8 Å². The van der Waals surface area contributed by atoms with Crippen LogP contribution < -0.4 is 0 Å². The highest BCUT2D eigenvalue weighted by molar-refractivity contribution is 8.16. The minimum Gasteiger partial charge on any atom is -0.458 e. The average molecular weight is 509 g/mol. The van der Waals surface area contributed by atoms with Crippen molar-refractivity contribution in [3.8, 4) is 0 Å². The number of thioether (sulfide) groups is 1. The highest BCUT2D eigenvalue weighted by Crippen LogP contribution is 2.45. The smallest absolute Gasteiger partial charge is 0.338 e. The van der Waals surface area contributed by atoms with Gasteiger partial charge in [-0.1, -0.05) is 48.2 Å². The summed E-state index contributed by atoms with van der Waals surface area (Å²) in [5.74, 6) is -0.420. The third kappa shape index (κ3) is 5.11. The molecule has 3 heterocycles. The number of esters is 1. The maximum atomic E-state index is 13.3. The summed E-state index contributed by atoms with van der Waals surface area (Å²) in [4.78, 5) is 48.4. The van der Waals surface area contributed by atoms with E-state index in [4.69, 9.17) is 9.73 Å². The fraction of sp³-hybridized carbons (Fsp3) is 0.407. The predicted molar refractivity (Wildman–Crippen MR) is 141 cm³/mol. The lowest BCUT2D eigenvalue weighted by Gasteiger charge is -2.38. The van der Waals surface area contributed by atoms with Gasteiger partial charge in [0.1, 0.15) is 6.61 Å². The van der Waals surface area contributed by atoms with Gasteiger partial charge in [0.15, 0.2) is 5.17 Å². The van der Waals surface area contributed by atoms with E-state index in [-0.39, 0.29) is 24.8 Å². The molecule has 1 aromatic rings.